The zero-order valence-electron chi connectivity index (χ0n) is 40.8. The Morgan fingerprint density at radius 2 is 1.16 bits per heavy atom. The lowest BCUT2D eigenvalue weighted by atomic mass is 9.33. The largest absolute Gasteiger partial charge is 0.481 e. The first-order valence-electron chi connectivity index (χ1n) is 24.9. The third-order valence-corrected chi connectivity index (χ3v) is 19.8. The van der Waals surface area contributed by atoms with Crippen LogP contribution in [0.25, 0.3) is 0 Å². The van der Waals surface area contributed by atoms with E-state index in [1.165, 1.54) is 12.7 Å². The van der Waals surface area contributed by atoms with Crippen molar-refractivity contribution in [3.8, 4) is 0 Å². The summed E-state index contributed by atoms with van der Waals surface area (Å²) in [6.07, 6.45) is -17.4. The average Bonchev–Trinajstić information content (AvgIpc) is 3.31. The third-order valence-electron chi connectivity index (χ3n) is 19.8. The molecule has 7 fully saturated rings. The molecule has 0 radical (unpaired) electrons. The molecule has 20 nitrogen and oxygen atoms in total. The Hall–Kier alpha value is -1.96. The fourth-order valence-corrected chi connectivity index (χ4v) is 15.4. The molecule has 0 unspecified atom stereocenters. The van der Waals surface area contributed by atoms with Crippen LogP contribution in [0, 0.1) is 50.2 Å². The zero-order chi connectivity index (χ0) is 50.6. The molecule has 0 amide bonds. The number of aliphatic hydroxyl groups is 10. The highest BCUT2D eigenvalue weighted by molar-refractivity contribution is 5.80. The standard InChI is InChI=1S/C49H78O20/c1-44(2)27-10-13-48(6)28(9-8-22-23-18-45(3,43(62)63-7)14-16-49(23,42(60)61)17-15-47(22,48)5)46(27,4)12-11-29(44)67-41-36(59)38(69-40-35(58)33(56)31(54)25(20-51)65-40)37(26(21-52)66-41)68-39-34(57)32(55)30(53)24(19-50)64-39/h8,23-41,50-59H,9-21H2,1-7H3,(H,60,61)/t23-,24+,25+,26+,27-,28+,29-,30-,31+,32-,33-,34+,35+,36+,37+,38+,39-,40-,41-,45-,46-,47+,48+,49-/m0/s1. The van der Waals surface area contributed by atoms with Crippen LogP contribution in [0.5, 0.6) is 0 Å². The van der Waals surface area contributed by atoms with E-state index >= 15 is 0 Å². The molecule has 394 valence electrons. The van der Waals surface area contributed by atoms with Crippen LogP contribution in [0.2, 0.25) is 0 Å². The minimum Gasteiger partial charge on any atom is -0.481 e. The number of allylic oxidation sites excluding steroid dienone is 2. The SMILES string of the molecule is COC(=O)[C@@]1(C)CC[C@]2(C(=O)O)CC[C@]3(C)C(=CC[C@@H]4[C@@]5(C)CC[C@H](O[C@@H]6O[C@H](CO)[C@@H](O[C@@H]7O[C@H](CO)[C@H](O)[C@H](O)[C@H]7O)[C@H](O[C@@H]7O[C@H](CO)[C@@H](O)[C@H](O)[C@H]7O)[C@H]6O)C(C)(C)[C@@H]5CC[C@]43C)[C@@H]2C1. The second-order valence-electron chi connectivity index (χ2n) is 23.4. The maximum Gasteiger partial charge on any atom is 0.311 e. The molecule has 4 saturated carbocycles. The summed E-state index contributed by atoms with van der Waals surface area (Å²) >= 11 is 0. The predicted octanol–water partition coefficient (Wildman–Crippen LogP) is -0.141. The van der Waals surface area contributed by atoms with Crippen LogP contribution in [-0.2, 0) is 42.7 Å². The van der Waals surface area contributed by atoms with Gasteiger partial charge in [-0.25, -0.2) is 0 Å². The fraction of sp³-hybridized carbons (Fsp3) is 0.918. The van der Waals surface area contributed by atoms with Crippen LogP contribution < -0.4 is 0 Å². The molecule has 0 aromatic carbocycles. The van der Waals surface area contributed by atoms with E-state index in [9.17, 15) is 65.8 Å². The van der Waals surface area contributed by atoms with E-state index in [-0.39, 0.29) is 40.0 Å². The number of carbonyl (C=O) groups is 2. The normalized spacial score (nSPS) is 52.8. The number of hydrogen-bond acceptors (Lipinski definition) is 19. The Bertz CT molecular complexity index is 1910. The first kappa shape index (κ1) is 53.3. The Kier molecular flexibility index (Phi) is 14.7. The lowest BCUT2D eigenvalue weighted by Gasteiger charge is -2.71. The van der Waals surface area contributed by atoms with Crippen molar-refractivity contribution in [3.63, 3.8) is 0 Å². The second-order valence-corrected chi connectivity index (χ2v) is 23.4. The van der Waals surface area contributed by atoms with Crippen LogP contribution >= 0.6 is 0 Å². The van der Waals surface area contributed by atoms with Crippen LogP contribution in [0.4, 0.5) is 0 Å². The third kappa shape index (κ3) is 8.26. The van der Waals surface area contributed by atoms with Crippen molar-refractivity contribution >= 4 is 11.9 Å². The van der Waals surface area contributed by atoms with Gasteiger partial charge in [0.25, 0.3) is 0 Å². The average molecular weight is 987 g/mol. The van der Waals surface area contributed by atoms with Gasteiger partial charge in [-0.3, -0.25) is 9.59 Å². The van der Waals surface area contributed by atoms with Gasteiger partial charge >= 0.3 is 11.9 Å². The lowest BCUT2D eigenvalue weighted by molar-refractivity contribution is -0.393. The first-order valence-corrected chi connectivity index (χ1v) is 24.9. The van der Waals surface area contributed by atoms with Crippen molar-refractivity contribution < 1.29 is 98.9 Å². The minimum absolute atomic E-state index is 0.0946. The second kappa shape index (κ2) is 19.1. The number of methoxy groups -OCH3 is 1. The summed E-state index contributed by atoms with van der Waals surface area (Å²) in [5.74, 6) is -1.11. The van der Waals surface area contributed by atoms with Crippen LogP contribution in [0.15, 0.2) is 11.6 Å². The summed E-state index contributed by atoms with van der Waals surface area (Å²) in [6.45, 7) is 10.9. The number of aliphatic hydroxyl groups excluding tert-OH is 10. The molecule has 24 atom stereocenters. The molecule has 0 aromatic heterocycles. The molecule has 3 aliphatic heterocycles. The first-order chi connectivity index (χ1) is 32.3. The quantitative estimate of drug-likeness (QED) is 0.0729. The molecule has 69 heavy (non-hydrogen) atoms. The van der Waals surface area contributed by atoms with Gasteiger partial charge in [0, 0.05) is 0 Å². The monoisotopic (exact) mass is 987 g/mol. The number of carbonyl (C=O) groups excluding carboxylic acids is 1. The van der Waals surface area contributed by atoms with Crippen molar-refractivity contribution in [3.05, 3.63) is 11.6 Å². The summed E-state index contributed by atoms with van der Waals surface area (Å²) < 4.78 is 41.8. The zero-order valence-corrected chi connectivity index (χ0v) is 40.8. The maximum absolute atomic E-state index is 13.3. The van der Waals surface area contributed by atoms with Gasteiger partial charge in [-0.15, -0.1) is 0 Å². The van der Waals surface area contributed by atoms with E-state index in [0.29, 0.717) is 32.1 Å². The molecule has 5 aliphatic carbocycles. The number of carboxylic acid groups (broad SMARTS) is 1. The van der Waals surface area contributed by atoms with Gasteiger partial charge in [0.2, 0.25) is 0 Å². The maximum atomic E-state index is 13.3. The molecule has 0 spiro atoms. The van der Waals surface area contributed by atoms with Gasteiger partial charge in [0.05, 0.1) is 43.9 Å². The highest BCUT2D eigenvalue weighted by Gasteiger charge is 2.70. The van der Waals surface area contributed by atoms with Crippen molar-refractivity contribution in [1.29, 1.82) is 0 Å². The van der Waals surface area contributed by atoms with Crippen LogP contribution in [-0.4, -0.2) is 193 Å². The van der Waals surface area contributed by atoms with E-state index in [1.807, 2.05) is 6.92 Å². The Balaban J connectivity index is 1.06. The van der Waals surface area contributed by atoms with Crippen molar-refractivity contribution in [2.24, 2.45) is 50.2 Å². The van der Waals surface area contributed by atoms with Gasteiger partial charge in [-0.2, -0.15) is 0 Å². The highest BCUT2D eigenvalue weighted by atomic mass is 16.8. The smallest absolute Gasteiger partial charge is 0.311 e. The topological polar surface area (TPSA) is 321 Å². The van der Waals surface area contributed by atoms with E-state index in [4.69, 9.17) is 33.2 Å². The van der Waals surface area contributed by atoms with Crippen molar-refractivity contribution in [2.45, 2.75) is 204 Å². The van der Waals surface area contributed by atoms with Gasteiger partial charge in [0.1, 0.15) is 73.2 Å². The number of carboxylic acids is 1. The predicted molar refractivity (Wildman–Crippen MR) is 237 cm³/mol. The Morgan fingerprint density at radius 1 is 0.623 bits per heavy atom. The lowest BCUT2D eigenvalue weighted by Crippen LogP contribution is -2.68. The molecule has 8 rings (SSSR count). The number of rotatable bonds is 11. The molecule has 3 heterocycles. The van der Waals surface area contributed by atoms with Gasteiger partial charge < -0.3 is 89.3 Å². The summed E-state index contributed by atoms with van der Waals surface area (Å²) in [5, 5.41) is 118. The van der Waals surface area contributed by atoms with Crippen LogP contribution in [0.3, 0.4) is 0 Å². The summed E-state index contributed by atoms with van der Waals surface area (Å²) in [5.41, 5.74) is -1.88. The summed E-state index contributed by atoms with van der Waals surface area (Å²) in [6, 6.07) is 0. The van der Waals surface area contributed by atoms with Crippen molar-refractivity contribution in [2.75, 3.05) is 26.9 Å². The van der Waals surface area contributed by atoms with Crippen LogP contribution in [0.1, 0.15) is 106 Å². The van der Waals surface area contributed by atoms with Gasteiger partial charge in [-0.1, -0.05) is 46.3 Å². The Morgan fingerprint density at radius 3 is 1.71 bits per heavy atom. The molecule has 3 saturated heterocycles. The van der Waals surface area contributed by atoms with Gasteiger partial charge in [0.15, 0.2) is 18.9 Å². The minimum atomic E-state index is -1.92. The molecule has 0 aromatic rings. The van der Waals surface area contributed by atoms with E-state index in [0.717, 1.165) is 32.1 Å². The number of esters is 1. The fourth-order valence-electron chi connectivity index (χ4n) is 15.4. The number of aliphatic carboxylic acids is 1. The molecule has 20 heteroatoms. The van der Waals surface area contributed by atoms with E-state index in [1.54, 1.807) is 0 Å². The molecule has 11 N–H and O–H groups in total. The number of fused-ring (bicyclic) bond motifs is 7. The molecule has 8 aliphatic rings. The number of hydrogen-bond donors (Lipinski definition) is 11. The molecule has 0 bridgehead atoms. The summed E-state index contributed by atoms with van der Waals surface area (Å²) in [7, 11) is 1.39. The van der Waals surface area contributed by atoms with E-state index < -0.39 is 140 Å². The summed E-state index contributed by atoms with van der Waals surface area (Å²) in [4.78, 5) is 26.5. The van der Waals surface area contributed by atoms with E-state index in [2.05, 4.69) is 40.7 Å². The Labute approximate surface area is 402 Å². The number of ether oxygens (including phenoxy) is 7. The van der Waals surface area contributed by atoms with Crippen molar-refractivity contribution in [1.82, 2.24) is 0 Å². The molecular formula is C49H78O20. The highest BCUT2D eigenvalue weighted by Crippen LogP contribution is 2.76. The van der Waals surface area contributed by atoms with Gasteiger partial charge in [-0.05, 0) is 111 Å². The molecular weight excluding hydrogens is 909 g/mol.